The second kappa shape index (κ2) is 4.61. The minimum atomic E-state index is -0.877. The number of benzene rings is 2. The summed E-state index contributed by atoms with van der Waals surface area (Å²) >= 11 is 0. The number of fused-ring (bicyclic) bond motifs is 1. The zero-order valence-corrected chi connectivity index (χ0v) is 10.5. The van der Waals surface area contributed by atoms with Gasteiger partial charge in [-0.15, -0.1) is 0 Å². The molecule has 104 valence electrons. The van der Waals surface area contributed by atoms with Crippen LogP contribution in [-0.2, 0) is 0 Å². The third kappa shape index (κ3) is 2.12. The van der Waals surface area contributed by atoms with Crippen LogP contribution >= 0.6 is 0 Å². The minimum absolute atomic E-state index is 0.125. The number of aliphatic hydroxyl groups is 1. The number of phenols is 3. The van der Waals surface area contributed by atoms with Crippen LogP contribution in [0.15, 0.2) is 36.4 Å². The van der Waals surface area contributed by atoms with E-state index < -0.39 is 12.2 Å². The highest BCUT2D eigenvalue weighted by atomic mass is 16.5. The summed E-state index contributed by atoms with van der Waals surface area (Å²) in [6.07, 6.45) is -0.992. The Hall–Kier alpha value is -2.40. The fourth-order valence-corrected chi connectivity index (χ4v) is 2.45. The first kappa shape index (κ1) is 12.6. The molecule has 5 nitrogen and oxygen atoms in total. The van der Waals surface area contributed by atoms with Crippen molar-refractivity contribution < 1.29 is 25.2 Å². The predicted molar refractivity (Wildman–Crippen MR) is 70.8 cm³/mol. The standard InChI is InChI=1S/C15H14O5/c16-9-3-1-8(2-4-9)13-7-12(19)15-11(18)5-10(17)6-14(15)20-13/h1-6,12-13,16-19H,7H2. The number of aliphatic hydroxyl groups excluding tert-OH is 1. The van der Waals surface area contributed by atoms with Gasteiger partial charge in [0.25, 0.3) is 0 Å². The van der Waals surface area contributed by atoms with Crippen molar-refractivity contribution in [1.82, 2.24) is 0 Å². The predicted octanol–water partition coefficient (Wildman–Crippen LogP) is 2.36. The van der Waals surface area contributed by atoms with Crippen LogP contribution in [0.25, 0.3) is 0 Å². The van der Waals surface area contributed by atoms with Gasteiger partial charge in [-0.05, 0) is 17.7 Å². The number of phenolic OH excluding ortho intramolecular Hbond substituents is 3. The second-order valence-electron chi connectivity index (χ2n) is 4.83. The van der Waals surface area contributed by atoms with Gasteiger partial charge in [-0.1, -0.05) is 12.1 Å². The number of rotatable bonds is 1. The van der Waals surface area contributed by atoms with Crippen molar-refractivity contribution in [1.29, 1.82) is 0 Å². The Bertz CT molecular complexity index is 635. The Morgan fingerprint density at radius 1 is 0.950 bits per heavy atom. The lowest BCUT2D eigenvalue weighted by atomic mass is 9.94. The summed E-state index contributed by atoms with van der Waals surface area (Å²) in [5.41, 5.74) is 1.09. The summed E-state index contributed by atoms with van der Waals surface area (Å²) in [6, 6.07) is 9.04. The molecule has 1 heterocycles. The molecular weight excluding hydrogens is 260 g/mol. The lowest BCUT2D eigenvalue weighted by Gasteiger charge is -2.30. The van der Waals surface area contributed by atoms with Crippen LogP contribution in [0.1, 0.15) is 29.8 Å². The summed E-state index contributed by atoms with van der Waals surface area (Å²) < 4.78 is 5.73. The molecule has 0 saturated carbocycles. The molecule has 2 aromatic rings. The highest BCUT2D eigenvalue weighted by molar-refractivity contribution is 5.52. The van der Waals surface area contributed by atoms with Crippen molar-refractivity contribution >= 4 is 0 Å². The van der Waals surface area contributed by atoms with Crippen molar-refractivity contribution in [2.24, 2.45) is 0 Å². The summed E-state index contributed by atoms with van der Waals surface area (Å²) in [6.45, 7) is 0. The van der Waals surface area contributed by atoms with Crippen LogP contribution in [0, 0.1) is 0 Å². The maximum absolute atomic E-state index is 10.1. The summed E-state index contributed by atoms with van der Waals surface area (Å²) in [4.78, 5) is 0. The molecular formula is C15H14O5. The van der Waals surface area contributed by atoms with Gasteiger partial charge in [-0.25, -0.2) is 0 Å². The molecule has 0 fully saturated rings. The van der Waals surface area contributed by atoms with Crippen LogP contribution in [0.3, 0.4) is 0 Å². The molecule has 20 heavy (non-hydrogen) atoms. The van der Waals surface area contributed by atoms with Crippen LogP contribution in [0.5, 0.6) is 23.0 Å². The van der Waals surface area contributed by atoms with Crippen molar-refractivity contribution in [2.75, 3.05) is 0 Å². The Kier molecular flexibility index (Phi) is 2.91. The normalized spacial score (nSPS) is 21.1. The Balaban J connectivity index is 1.98. The van der Waals surface area contributed by atoms with E-state index in [1.165, 1.54) is 12.1 Å². The van der Waals surface area contributed by atoms with Crippen LogP contribution in [-0.4, -0.2) is 20.4 Å². The highest BCUT2D eigenvalue weighted by Crippen LogP contribution is 2.46. The molecule has 2 unspecified atom stereocenters. The van der Waals surface area contributed by atoms with E-state index in [-0.39, 0.29) is 35.0 Å². The van der Waals surface area contributed by atoms with E-state index in [4.69, 9.17) is 4.74 Å². The maximum Gasteiger partial charge on any atom is 0.133 e. The molecule has 3 rings (SSSR count). The van der Waals surface area contributed by atoms with E-state index in [9.17, 15) is 20.4 Å². The van der Waals surface area contributed by atoms with Crippen LogP contribution in [0.2, 0.25) is 0 Å². The fourth-order valence-electron chi connectivity index (χ4n) is 2.45. The lowest BCUT2D eigenvalue weighted by molar-refractivity contribution is 0.0631. The van der Waals surface area contributed by atoms with Crippen molar-refractivity contribution in [3.63, 3.8) is 0 Å². The molecule has 0 amide bonds. The molecule has 0 aromatic heterocycles. The van der Waals surface area contributed by atoms with E-state index in [1.807, 2.05) is 0 Å². The molecule has 2 atom stereocenters. The zero-order chi connectivity index (χ0) is 14.3. The van der Waals surface area contributed by atoms with Crippen molar-refractivity contribution in [3.05, 3.63) is 47.5 Å². The molecule has 0 bridgehead atoms. The zero-order valence-electron chi connectivity index (χ0n) is 10.5. The quantitative estimate of drug-likeness (QED) is 0.641. The van der Waals surface area contributed by atoms with Crippen molar-refractivity contribution in [3.8, 4) is 23.0 Å². The molecule has 0 saturated heterocycles. The monoisotopic (exact) mass is 274 g/mol. The summed E-state index contributed by atoms with van der Waals surface area (Å²) in [7, 11) is 0. The van der Waals surface area contributed by atoms with Gasteiger partial charge in [0, 0.05) is 18.6 Å². The third-order valence-electron chi connectivity index (χ3n) is 3.41. The average molecular weight is 274 g/mol. The molecule has 2 aromatic carbocycles. The van der Waals surface area contributed by atoms with Gasteiger partial charge in [0.05, 0.1) is 11.7 Å². The topological polar surface area (TPSA) is 90.2 Å². The van der Waals surface area contributed by atoms with E-state index in [0.717, 1.165) is 5.56 Å². The van der Waals surface area contributed by atoms with E-state index >= 15 is 0 Å². The number of aromatic hydroxyl groups is 3. The molecule has 1 aliphatic heterocycles. The Morgan fingerprint density at radius 2 is 1.65 bits per heavy atom. The minimum Gasteiger partial charge on any atom is -0.508 e. The third-order valence-corrected chi connectivity index (χ3v) is 3.41. The summed E-state index contributed by atoms with van der Waals surface area (Å²) in [5.74, 6) is 0.108. The van der Waals surface area contributed by atoms with Gasteiger partial charge in [0.1, 0.15) is 29.1 Å². The first-order chi connectivity index (χ1) is 9.54. The van der Waals surface area contributed by atoms with Gasteiger partial charge in [-0.2, -0.15) is 0 Å². The van der Waals surface area contributed by atoms with Crippen molar-refractivity contribution in [2.45, 2.75) is 18.6 Å². The largest absolute Gasteiger partial charge is 0.508 e. The maximum atomic E-state index is 10.1. The number of hydrogen-bond donors (Lipinski definition) is 4. The lowest BCUT2D eigenvalue weighted by Crippen LogP contribution is -2.19. The molecule has 4 N–H and O–H groups in total. The van der Waals surface area contributed by atoms with Crippen LogP contribution in [0.4, 0.5) is 0 Å². The first-order valence-corrected chi connectivity index (χ1v) is 6.24. The first-order valence-electron chi connectivity index (χ1n) is 6.24. The van der Waals surface area contributed by atoms with Crippen LogP contribution < -0.4 is 4.74 Å². The average Bonchev–Trinajstić information content (AvgIpc) is 2.38. The van der Waals surface area contributed by atoms with E-state index in [1.54, 1.807) is 24.3 Å². The Morgan fingerprint density at radius 3 is 2.35 bits per heavy atom. The molecule has 0 spiro atoms. The number of ether oxygens (including phenoxy) is 1. The molecule has 0 radical (unpaired) electrons. The van der Waals surface area contributed by atoms with Gasteiger partial charge in [0.2, 0.25) is 0 Å². The SMILES string of the molecule is Oc1ccc(C2CC(O)c3c(O)cc(O)cc3O2)cc1. The molecule has 5 heteroatoms. The van der Waals surface area contributed by atoms with E-state index in [2.05, 4.69) is 0 Å². The van der Waals surface area contributed by atoms with Gasteiger partial charge >= 0.3 is 0 Å². The second-order valence-corrected chi connectivity index (χ2v) is 4.83. The highest BCUT2D eigenvalue weighted by Gasteiger charge is 2.31. The van der Waals surface area contributed by atoms with Gasteiger partial charge < -0.3 is 25.2 Å². The molecule has 0 aliphatic carbocycles. The fraction of sp³-hybridized carbons (Fsp3) is 0.200. The molecule has 1 aliphatic rings. The van der Waals surface area contributed by atoms with Gasteiger partial charge in [0.15, 0.2) is 0 Å². The number of hydrogen-bond acceptors (Lipinski definition) is 5. The smallest absolute Gasteiger partial charge is 0.133 e. The Labute approximate surface area is 115 Å². The van der Waals surface area contributed by atoms with Gasteiger partial charge in [-0.3, -0.25) is 0 Å². The van der Waals surface area contributed by atoms with E-state index in [0.29, 0.717) is 0 Å². The summed E-state index contributed by atoms with van der Waals surface area (Å²) in [5, 5.41) is 38.7.